The predicted octanol–water partition coefficient (Wildman–Crippen LogP) is 2.66. The van der Waals surface area contributed by atoms with Crippen LogP contribution in [0.3, 0.4) is 0 Å². The normalized spacial score (nSPS) is 12.4. The number of nitrogens with zero attached hydrogens (tertiary/aromatic N) is 1. The van der Waals surface area contributed by atoms with Gasteiger partial charge in [0, 0.05) is 11.6 Å². The van der Waals surface area contributed by atoms with Gasteiger partial charge in [0.1, 0.15) is 23.1 Å². The van der Waals surface area contributed by atoms with Gasteiger partial charge in [-0.15, -0.1) is 0 Å². The van der Waals surface area contributed by atoms with E-state index >= 15 is 0 Å². The summed E-state index contributed by atoms with van der Waals surface area (Å²) in [5.74, 6) is -0.933. The smallest absolute Gasteiger partial charge is 0.408 e. The molecule has 0 aliphatic rings. The number of amides is 2. The molecule has 1 unspecified atom stereocenters. The SMILES string of the molecule is CC(C)(C)OC(=O)NC(COCc1ccccc1)C(=O)N/N=C/c1ccc(O)cc1O. The number of hydrogen-bond donors (Lipinski definition) is 4. The molecule has 2 aromatic carbocycles. The topological polar surface area (TPSA) is 129 Å². The lowest BCUT2D eigenvalue weighted by Crippen LogP contribution is -2.49. The number of phenolic OH excluding ortho intramolecular Hbond substituents is 2. The Hall–Kier alpha value is -3.59. The number of rotatable bonds is 8. The fourth-order valence-electron chi connectivity index (χ4n) is 2.39. The zero-order valence-corrected chi connectivity index (χ0v) is 17.7. The molecule has 0 aromatic heterocycles. The van der Waals surface area contributed by atoms with E-state index in [2.05, 4.69) is 15.8 Å². The molecule has 0 saturated carbocycles. The van der Waals surface area contributed by atoms with Crippen LogP contribution in [-0.2, 0) is 20.9 Å². The summed E-state index contributed by atoms with van der Waals surface area (Å²) in [7, 11) is 0. The van der Waals surface area contributed by atoms with Crippen LogP contribution in [0.1, 0.15) is 31.9 Å². The molecule has 0 bridgehead atoms. The van der Waals surface area contributed by atoms with Gasteiger partial charge in [0.25, 0.3) is 5.91 Å². The van der Waals surface area contributed by atoms with Crippen molar-refractivity contribution < 1.29 is 29.3 Å². The van der Waals surface area contributed by atoms with Crippen LogP contribution in [0.5, 0.6) is 11.5 Å². The van der Waals surface area contributed by atoms with Crippen molar-refractivity contribution in [1.82, 2.24) is 10.7 Å². The van der Waals surface area contributed by atoms with E-state index in [4.69, 9.17) is 9.47 Å². The van der Waals surface area contributed by atoms with Crippen molar-refractivity contribution in [2.75, 3.05) is 6.61 Å². The van der Waals surface area contributed by atoms with E-state index in [0.29, 0.717) is 0 Å². The standard InChI is InChI=1S/C22H27N3O6/c1-22(2,3)31-21(29)24-18(14-30-13-15-7-5-4-6-8-15)20(28)25-23-12-16-9-10-17(26)11-19(16)27/h4-12,18,26-27H,13-14H2,1-3H3,(H,24,29)(H,25,28)/b23-12+. The number of ether oxygens (including phenoxy) is 2. The Morgan fingerprint density at radius 1 is 1.13 bits per heavy atom. The lowest BCUT2D eigenvalue weighted by atomic mass is 10.2. The Kier molecular flexibility index (Phi) is 8.39. The number of alkyl carbamates (subject to hydrolysis) is 1. The molecule has 31 heavy (non-hydrogen) atoms. The van der Waals surface area contributed by atoms with Gasteiger partial charge in [-0.3, -0.25) is 4.79 Å². The first-order valence-corrected chi connectivity index (χ1v) is 9.60. The van der Waals surface area contributed by atoms with Gasteiger partial charge >= 0.3 is 6.09 Å². The number of benzene rings is 2. The molecule has 0 aliphatic carbocycles. The highest BCUT2D eigenvalue weighted by Gasteiger charge is 2.24. The molecule has 0 fully saturated rings. The van der Waals surface area contributed by atoms with Crippen LogP contribution >= 0.6 is 0 Å². The van der Waals surface area contributed by atoms with Crippen LogP contribution in [0.2, 0.25) is 0 Å². The molecule has 0 aliphatic heterocycles. The first-order valence-electron chi connectivity index (χ1n) is 9.60. The lowest BCUT2D eigenvalue weighted by molar-refractivity contribution is -0.124. The Morgan fingerprint density at radius 2 is 1.84 bits per heavy atom. The first-order chi connectivity index (χ1) is 14.6. The summed E-state index contributed by atoms with van der Waals surface area (Å²) >= 11 is 0. The second kappa shape index (κ2) is 11.0. The van der Waals surface area contributed by atoms with Gasteiger partial charge in [-0.25, -0.2) is 10.2 Å². The average molecular weight is 429 g/mol. The van der Waals surface area contributed by atoms with Crippen molar-refractivity contribution in [2.45, 2.75) is 39.0 Å². The summed E-state index contributed by atoms with van der Waals surface area (Å²) in [5, 5.41) is 25.3. The van der Waals surface area contributed by atoms with Gasteiger partial charge in [-0.05, 0) is 38.5 Å². The second-order valence-corrected chi connectivity index (χ2v) is 7.68. The molecule has 9 nitrogen and oxygen atoms in total. The molecular formula is C22H27N3O6. The third-order valence-electron chi connectivity index (χ3n) is 3.80. The van der Waals surface area contributed by atoms with Crippen LogP contribution in [0, 0.1) is 0 Å². The van der Waals surface area contributed by atoms with Crippen LogP contribution in [0.4, 0.5) is 4.79 Å². The van der Waals surface area contributed by atoms with E-state index in [1.165, 1.54) is 18.3 Å². The molecule has 0 saturated heterocycles. The zero-order valence-electron chi connectivity index (χ0n) is 17.7. The molecular weight excluding hydrogens is 402 g/mol. The molecule has 9 heteroatoms. The van der Waals surface area contributed by atoms with Crippen LogP contribution in [0.25, 0.3) is 0 Å². The summed E-state index contributed by atoms with van der Waals surface area (Å²) in [4.78, 5) is 24.7. The molecule has 2 rings (SSSR count). The van der Waals surface area contributed by atoms with Gasteiger partial charge < -0.3 is 25.0 Å². The molecule has 166 valence electrons. The maximum atomic E-state index is 12.5. The summed E-state index contributed by atoms with van der Waals surface area (Å²) in [6.45, 7) is 5.27. The molecule has 1 atom stereocenters. The molecule has 0 heterocycles. The fourth-order valence-corrected chi connectivity index (χ4v) is 2.39. The summed E-state index contributed by atoms with van der Waals surface area (Å²) < 4.78 is 10.8. The largest absolute Gasteiger partial charge is 0.508 e. The van der Waals surface area contributed by atoms with E-state index < -0.39 is 23.6 Å². The minimum Gasteiger partial charge on any atom is -0.508 e. The first kappa shape index (κ1) is 23.7. The Bertz CT molecular complexity index is 909. The van der Waals surface area contributed by atoms with Crippen molar-refractivity contribution in [1.29, 1.82) is 0 Å². The Morgan fingerprint density at radius 3 is 2.48 bits per heavy atom. The maximum absolute atomic E-state index is 12.5. The number of phenols is 2. The highest BCUT2D eigenvalue weighted by atomic mass is 16.6. The minimum atomic E-state index is -1.07. The van der Waals surface area contributed by atoms with Crippen LogP contribution < -0.4 is 10.7 Å². The van der Waals surface area contributed by atoms with Gasteiger partial charge in [0.2, 0.25) is 0 Å². The number of carbonyl (C=O) groups is 2. The van der Waals surface area contributed by atoms with E-state index in [-0.39, 0.29) is 30.3 Å². The van der Waals surface area contributed by atoms with Gasteiger partial charge in [-0.2, -0.15) is 5.10 Å². The minimum absolute atomic E-state index is 0.101. The molecule has 0 radical (unpaired) electrons. The summed E-state index contributed by atoms with van der Waals surface area (Å²) in [5.41, 5.74) is 2.77. The highest BCUT2D eigenvalue weighted by Crippen LogP contribution is 2.20. The monoisotopic (exact) mass is 429 g/mol. The van der Waals surface area contributed by atoms with E-state index in [0.717, 1.165) is 11.6 Å². The number of nitrogens with one attached hydrogen (secondary N) is 2. The average Bonchev–Trinajstić information content (AvgIpc) is 2.68. The Labute approximate surface area is 180 Å². The molecule has 0 spiro atoms. The van der Waals surface area contributed by atoms with Crippen LogP contribution in [0.15, 0.2) is 53.6 Å². The predicted molar refractivity (Wildman–Crippen MR) is 115 cm³/mol. The number of aromatic hydroxyl groups is 2. The summed E-state index contributed by atoms with van der Waals surface area (Å²) in [6.07, 6.45) is 0.443. The van der Waals surface area contributed by atoms with E-state index in [1.807, 2.05) is 30.3 Å². The van der Waals surface area contributed by atoms with Crippen molar-refractivity contribution in [3.63, 3.8) is 0 Å². The Balaban J connectivity index is 1.99. The quantitative estimate of drug-likeness (QED) is 0.377. The van der Waals surface area contributed by atoms with Crippen molar-refractivity contribution >= 4 is 18.2 Å². The zero-order chi connectivity index (χ0) is 22.9. The van der Waals surface area contributed by atoms with Gasteiger partial charge in [-0.1, -0.05) is 30.3 Å². The maximum Gasteiger partial charge on any atom is 0.408 e. The third kappa shape index (κ3) is 8.75. The highest BCUT2D eigenvalue weighted by molar-refractivity contribution is 5.88. The second-order valence-electron chi connectivity index (χ2n) is 7.68. The third-order valence-corrected chi connectivity index (χ3v) is 3.80. The molecule has 2 aromatic rings. The molecule has 2 amide bonds. The fraction of sp³-hybridized carbons (Fsp3) is 0.318. The van der Waals surface area contributed by atoms with Gasteiger partial charge in [0.15, 0.2) is 0 Å². The number of hydrazone groups is 1. The van der Waals surface area contributed by atoms with E-state index in [1.54, 1.807) is 20.8 Å². The number of hydrogen-bond acceptors (Lipinski definition) is 7. The van der Waals surface area contributed by atoms with Crippen molar-refractivity contribution in [3.8, 4) is 11.5 Å². The lowest BCUT2D eigenvalue weighted by Gasteiger charge is -2.22. The number of carbonyl (C=O) groups excluding carboxylic acids is 2. The van der Waals surface area contributed by atoms with Crippen molar-refractivity contribution in [2.24, 2.45) is 5.10 Å². The van der Waals surface area contributed by atoms with Crippen LogP contribution in [-0.4, -0.2) is 46.7 Å². The summed E-state index contributed by atoms with van der Waals surface area (Å²) in [6, 6.07) is 12.3. The van der Waals surface area contributed by atoms with Gasteiger partial charge in [0.05, 0.1) is 19.4 Å². The molecule has 4 N–H and O–H groups in total. The van der Waals surface area contributed by atoms with E-state index in [9.17, 15) is 19.8 Å². The van der Waals surface area contributed by atoms with Crippen molar-refractivity contribution in [3.05, 3.63) is 59.7 Å².